The predicted octanol–water partition coefficient (Wildman–Crippen LogP) is 3.31. The van der Waals surface area contributed by atoms with Crippen LogP contribution in [0.2, 0.25) is 0 Å². The minimum absolute atomic E-state index is 0.0491. The Labute approximate surface area is 138 Å². The van der Waals surface area contributed by atoms with E-state index in [1.54, 1.807) is 0 Å². The van der Waals surface area contributed by atoms with E-state index in [4.69, 9.17) is 0 Å². The van der Waals surface area contributed by atoms with Crippen LogP contribution in [-0.4, -0.2) is 18.0 Å². The molecule has 0 aromatic heterocycles. The summed E-state index contributed by atoms with van der Waals surface area (Å²) < 4.78 is 0. The van der Waals surface area contributed by atoms with Crippen LogP contribution in [0.1, 0.15) is 39.5 Å². The lowest BCUT2D eigenvalue weighted by Crippen LogP contribution is -2.97. The number of benzene rings is 2. The maximum atomic E-state index is 12.5. The van der Waals surface area contributed by atoms with Gasteiger partial charge in [-0.05, 0) is 49.1 Å². The van der Waals surface area contributed by atoms with Crippen LogP contribution in [0.4, 0.5) is 5.69 Å². The minimum Gasteiger partial charge on any atom is -0.334 e. The number of fused-ring (bicyclic) bond motifs is 1. The Morgan fingerprint density at radius 3 is 2.65 bits per heavy atom. The first kappa shape index (κ1) is 16.0. The quantitative estimate of drug-likeness (QED) is 0.894. The zero-order chi connectivity index (χ0) is 16.2. The van der Waals surface area contributed by atoms with Gasteiger partial charge in [-0.3, -0.25) is 4.79 Å². The summed E-state index contributed by atoms with van der Waals surface area (Å²) >= 11 is 0. The van der Waals surface area contributed by atoms with Crippen molar-refractivity contribution >= 4 is 22.4 Å². The van der Waals surface area contributed by atoms with Gasteiger partial charge >= 0.3 is 0 Å². The lowest BCUT2D eigenvalue weighted by molar-refractivity contribution is -0.714. The second-order valence-corrected chi connectivity index (χ2v) is 6.96. The van der Waals surface area contributed by atoms with Crippen molar-refractivity contribution in [1.82, 2.24) is 0 Å². The number of quaternary nitrogens is 1. The van der Waals surface area contributed by atoms with E-state index >= 15 is 0 Å². The van der Waals surface area contributed by atoms with Gasteiger partial charge in [-0.2, -0.15) is 0 Å². The number of hydrogen-bond donors (Lipinski definition) is 2. The molecule has 2 aromatic rings. The normalized spacial score (nSPS) is 22.7. The lowest BCUT2D eigenvalue weighted by Gasteiger charge is -2.28. The first-order chi connectivity index (χ1) is 11.1. The van der Waals surface area contributed by atoms with Crippen molar-refractivity contribution in [2.75, 3.05) is 5.32 Å². The highest BCUT2D eigenvalue weighted by Crippen LogP contribution is 2.21. The molecule has 0 bridgehead atoms. The van der Waals surface area contributed by atoms with Crippen molar-refractivity contribution in [2.45, 2.75) is 51.6 Å². The fourth-order valence-electron chi connectivity index (χ4n) is 3.61. The Hall–Kier alpha value is -1.87. The molecule has 3 nitrogen and oxygen atoms in total. The molecule has 0 unspecified atom stereocenters. The molecule has 2 aromatic carbocycles. The van der Waals surface area contributed by atoms with Gasteiger partial charge in [0.1, 0.15) is 0 Å². The molecule has 1 amide bonds. The molecule has 1 aliphatic rings. The maximum Gasteiger partial charge on any atom is 0.282 e. The highest BCUT2D eigenvalue weighted by atomic mass is 16.2. The number of carbonyl (C=O) groups is 1. The van der Waals surface area contributed by atoms with Gasteiger partial charge in [-0.25, -0.2) is 0 Å². The predicted molar refractivity (Wildman–Crippen MR) is 95.4 cm³/mol. The second kappa shape index (κ2) is 7.14. The van der Waals surface area contributed by atoms with Crippen LogP contribution in [0, 0.1) is 5.92 Å². The zero-order valence-electron chi connectivity index (χ0n) is 14.1. The van der Waals surface area contributed by atoms with Crippen LogP contribution >= 0.6 is 0 Å². The molecular formula is C20H27N2O+. The fourth-order valence-corrected chi connectivity index (χ4v) is 3.61. The number of anilines is 1. The van der Waals surface area contributed by atoms with Crippen molar-refractivity contribution in [3.63, 3.8) is 0 Å². The van der Waals surface area contributed by atoms with Gasteiger partial charge < -0.3 is 10.6 Å². The molecular weight excluding hydrogens is 284 g/mol. The molecule has 1 fully saturated rings. The monoisotopic (exact) mass is 311 g/mol. The molecule has 0 saturated heterocycles. The summed E-state index contributed by atoms with van der Waals surface area (Å²) in [4.78, 5) is 12.5. The SMILES string of the molecule is C[C@H]([NH2+][C@@H]1CCCC[C@@H]1C)C(=O)Nc1ccc2ccccc2c1. The number of hydrogen-bond acceptors (Lipinski definition) is 1. The van der Waals surface area contributed by atoms with Crippen molar-refractivity contribution in [3.05, 3.63) is 42.5 Å². The van der Waals surface area contributed by atoms with Gasteiger partial charge in [0, 0.05) is 11.6 Å². The van der Waals surface area contributed by atoms with Crippen molar-refractivity contribution in [1.29, 1.82) is 0 Å². The summed E-state index contributed by atoms with van der Waals surface area (Å²) in [6.07, 6.45) is 5.16. The Bertz CT molecular complexity index is 682. The standard InChI is InChI=1S/C20H26N2O/c1-14-7-3-6-10-19(14)21-15(2)20(23)22-18-12-11-16-8-4-5-9-17(16)13-18/h4-5,8-9,11-15,19,21H,3,6-7,10H2,1-2H3,(H,22,23)/p+1/t14-,15-,19+/m0/s1. The Morgan fingerprint density at radius 1 is 1.13 bits per heavy atom. The molecule has 0 aliphatic heterocycles. The number of nitrogens with two attached hydrogens (primary N) is 1. The van der Waals surface area contributed by atoms with Crippen molar-refractivity contribution in [2.24, 2.45) is 5.92 Å². The third kappa shape index (κ3) is 3.91. The third-order valence-electron chi connectivity index (χ3n) is 5.14. The van der Waals surface area contributed by atoms with Crippen LogP contribution < -0.4 is 10.6 Å². The molecule has 1 saturated carbocycles. The van der Waals surface area contributed by atoms with E-state index in [0.29, 0.717) is 12.0 Å². The van der Waals surface area contributed by atoms with Gasteiger partial charge in [-0.15, -0.1) is 0 Å². The Kier molecular flexibility index (Phi) is 4.97. The van der Waals surface area contributed by atoms with E-state index in [2.05, 4.69) is 35.8 Å². The van der Waals surface area contributed by atoms with E-state index in [0.717, 1.165) is 11.1 Å². The van der Waals surface area contributed by atoms with Crippen molar-refractivity contribution < 1.29 is 10.1 Å². The third-order valence-corrected chi connectivity index (χ3v) is 5.14. The molecule has 3 N–H and O–H groups in total. The van der Waals surface area contributed by atoms with E-state index < -0.39 is 0 Å². The highest BCUT2D eigenvalue weighted by Gasteiger charge is 2.28. The fraction of sp³-hybridized carbons (Fsp3) is 0.450. The molecule has 3 atom stereocenters. The van der Waals surface area contributed by atoms with Crippen LogP contribution in [0.3, 0.4) is 0 Å². The van der Waals surface area contributed by atoms with Crippen LogP contribution in [0.5, 0.6) is 0 Å². The van der Waals surface area contributed by atoms with Crippen LogP contribution in [0.15, 0.2) is 42.5 Å². The summed E-state index contributed by atoms with van der Waals surface area (Å²) in [7, 11) is 0. The van der Waals surface area contributed by atoms with Gasteiger partial charge in [0.2, 0.25) is 0 Å². The molecule has 3 heteroatoms. The van der Waals surface area contributed by atoms with Gasteiger partial charge in [-0.1, -0.05) is 43.7 Å². The Balaban J connectivity index is 1.62. The summed E-state index contributed by atoms with van der Waals surface area (Å²) in [5.41, 5.74) is 0.880. The molecule has 0 radical (unpaired) electrons. The maximum absolute atomic E-state index is 12.5. The largest absolute Gasteiger partial charge is 0.334 e. The number of carbonyl (C=O) groups excluding carboxylic acids is 1. The van der Waals surface area contributed by atoms with E-state index in [-0.39, 0.29) is 11.9 Å². The second-order valence-electron chi connectivity index (χ2n) is 6.96. The minimum atomic E-state index is -0.0491. The lowest BCUT2D eigenvalue weighted by atomic mass is 9.85. The van der Waals surface area contributed by atoms with Gasteiger partial charge in [0.25, 0.3) is 5.91 Å². The summed E-state index contributed by atoms with van der Waals surface area (Å²) in [6, 6.07) is 14.8. The van der Waals surface area contributed by atoms with Gasteiger partial charge in [0.15, 0.2) is 6.04 Å². The van der Waals surface area contributed by atoms with Gasteiger partial charge in [0.05, 0.1) is 6.04 Å². The van der Waals surface area contributed by atoms with Crippen LogP contribution in [-0.2, 0) is 4.79 Å². The molecule has 0 spiro atoms. The van der Waals surface area contributed by atoms with E-state index in [1.165, 1.54) is 31.1 Å². The number of rotatable bonds is 4. The summed E-state index contributed by atoms with van der Waals surface area (Å²) in [5.74, 6) is 0.803. The smallest absolute Gasteiger partial charge is 0.282 e. The topological polar surface area (TPSA) is 45.7 Å². The molecule has 1 aliphatic carbocycles. The van der Waals surface area contributed by atoms with Crippen LogP contribution in [0.25, 0.3) is 10.8 Å². The number of nitrogens with one attached hydrogen (secondary N) is 1. The first-order valence-electron chi connectivity index (χ1n) is 8.78. The molecule has 0 heterocycles. The summed E-state index contributed by atoms with van der Waals surface area (Å²) in [5, 5.41) is 7.68. The average Bonchev–Trinajstić information content (AvgIpc) is 2.56. The number of amides is 1. The molecule has 122 valence electrons. The van der Waals surface area contributed by atoms with E-state index in [1.807, 2.05) is 31.2 Å². The molecule has 23 heavy (non-hydrogen) atoms. The highest BCUT2D eigenvalue weighted by molar-refractivity contribution is 5.96. The Morgan fingerprint density at radius 2 is 1.87 bits per heavy atom. The van der Waals surface area contributed by atoms with E-state index in [9.17, 15) is 4.79 Å². The molecule has 3 rings (SSSR count). The average molecular weight is 311 g/mol. The zero-order valence-corrected chi connectivity index (χ0v) is 14.1. The first-order valence-corrected chi connectivity index (χ1v) is 8.78. The summed E-state index contributed by atoms with van der Waals surface area (Å²) in [6.45, 7) is 4.33. The van der Waals surface area contributed by atoms with Crippen molar-refractivity contribution in [3.8, 4) is 0 Å².